The van der Waals surface area contributed by atoms with E-state index in [4.69, 9.17) is 0 Å². The van der Waals surface area contributed by atoms with Gasteiger partial charge in [-0.2, -0.15) is 0 Å². The van der Waals surface area contributed by atoms with Gasteiger partial charge in [-0.3, -0.25) is 0 Å². The first-order valence-corrected chi connectivity index (χ1v) is 7.03. The first-order chi connectivity index (χ1) is 7.42. The maximum absolute atomic E-state index is 2.35. The summed E-state index contributed by atoms with van der Waals surface area (Å²) in [5, 5.41) is 0. The van der Waals surface area contributed by atoms with E-state index in [1.54, 1.807) is 19.3 Å². The second-order valence-corrected chi connectivity index (χ2v) is 5.55. The Morgan fingerprint density at radius 2 is 1.80 bits per heavy atom. The summed E-state index contributed by atoms with van der Waals surface area (Å²) in [6, 6.07) is 0. The smallest absolute Gasteiger partial charge is 0.0348 e. The highest BCUT2D eigenvalue weighted by molar-refractivity contribution is 4.87. The van der Waals surface area contributed by atoms with Crippen molar-refractivity contribution in [3.63, 3.8) is 0 Å². The van der Waals surface area contributed by atoms with Crippen LogP contribution in [0.2, 0.25) is 0 Å². The zero-order chi connectivity index (χ0) is 10.5. The fourth-order valence-electron chi connectivity index (χ4n) is 3.91. The van der Waals surface area contributed by atoms with Crippen molar-refractivity contribution in [2.75, 3.05) is 0 Å². The molecule has 0 nitrogen and oxygen atoms in total. The van der Waals surface area contributed by atoms with Crippen LogP contribution in [-0.2, 0) is 0 Å². The van der Waals surface area contributed by atoms with E-state index in [-0.39, 0.29) is 0 Å². The van der Waals surface area contributed by atoms with Gasteiger partial charge < -0.3 is 0 Å². The van der Waals surface area contributed by atoms with Crippen molar-refractivity contribution in [2.24, 2.45) is 17.8 Å². The van der Waals surface area contributed by atoms with Gasteiger partial charge in [0, 0.05) is 0 Å². The first-order valence-electron chi connectivity index (χ1n) is 7.03. The van der Waals surface area contributed by atoms with E-state index < -0.39 is 0 Å². The minimum Gasteiger partial charge on any atom is -0.0917 e. The zero-order valence-corrected chi connectivity index (χ0v) is 10.3. The van der Waals surface area contributed by atoms with Crippen LogP contribution in [0.3, 0.4) is 0 Å². The molecule has 3 unspecified atom stereocenters. The van der Waals surface area contributed by atoms with Crippen LogP contribution in [0, 0.1) is 17.8 Å². The van der Waals surface area contributed by atoms with Gasteiger partial charge in [-0.15, -0.1) is 0 Å². The molecular weight excluding hydrogens is 180 g/mol. The number of hydrogen-bond acceptors (Lipinski definition) is 0. The topological polar surface area (TPSA) is 0 Å². The van der Waals surface area contributed by atoms with E-state index in [1.165, 1.54) is 38.5 Å². The van der Waals surface area contributed by atoms with Gasteiger partial charge in [0.1, 0.15) is 0 Å². The zero-order valence-electron chi connectivity index (χ0n) is 10.3. The number of rotatable bonds is 3. The van der Waals surface area contributed by atoms with Gasteiger partial charge in [0.15, 0.2) is 0 Å². The molecule has 2 saturated carbocycles. The lowest BCUT2D eigenvalue weighted by Crippen LogP contribution is -2.30. The average molecular weight is 206 g/mol. The summed E-state index contributed by atoms with van der Waals surface area (Å²) < 4.78 is 0. The number of fused-ring (bicyclic) bond motifs is 1. The van der Waals surface area contributed by atoms with Crippen LogP contribution in [0.5, 0.6) is 0 Å². The Labute approximate surface area is 95.1 Å². The summed E-state index contributed by atoms with van der Waals surface area (Å²) in [6.07, 6.45) is 18.1. The molecule has 0 aromatic rings. The monoisotopic (exact) mass is 206 g/mol. The van der Waals surface area contributed by atoms with Crippen molar-refractivity contribution >= 4 is 0 Å². The molecule has 0 heteroatoms. The normalized spacial score (nSPS) is 36.7. The van der Waals surface area contributed by atoms with Crippen LogP contribution in [0.25, 0.3) is 0 Å². The molecule has 0 aliphatic heterocycles. The Morgan fingerprint density at radius 3 is 2.67 bits per heavy atom. The summed E-state index contributed by atoms with van der Waals surface area (Å²) in [5.74, 6) is 3.29. The number of allylic oxidation sites excluding steroid dienone is 2. The highest BCUT2D eigenvalue weighted by atomic mass is 14.4. The molecular formula is C15H26. The van der Waals surface area contributed by atoms with Crippen LogP contribution in [0.1, 0.15) is 64.7 Å². The molecule has 15 heavy (non-hydrogen) atoms. The summed E-state index contributed by atoms with van der Waals surface area (Å²) >= 11 is 0. The van der Waals surface area contributed by atoms with Crippen molar-refractivity contribution in [1.29, 1.82) is 0 Å². The van der Waals surface area contributed by atoms with Gasteiger partial charge in [0.05, 0.1) is 0 Å². The molecule has 0 spiro atoms. The van der Waals surface area contributed by atoms with Crippen molar-refractivity contribution in [3.05, 3.63) is 12.2 Å². The molecule has 2 fully saturated rings. The van der Waals surface area contributed by atoms with E-state index in [9.17, 15) is 0 Å². The molecule has 2 aliphatic carbocycles. The van der Waals surface area contributed by atoms with Gasteiger partial charge >= 0.3 is 0 Å². The van der Waals surface area contributed by atoms with E-state index in [0.29, 0.717) is 0 Å². The summed E-state index contributed by atoms with van der Waals surface area (Å²) in [5.41, 5.74) is 0. The predicted molar refractivity (Wildman–Crippen MR) is 66.8 cm³/mol. The van der Waals surface area contributed by atoms with Crippen molar-refractivity contribution < 1.29 is 0 Å². The second kappa shape index (κ2) is 5.72. The molecule has 0 radical (unpaired) electrons. The fraction of sp³-hybridized carbons (Fsp3) is 0.867. The van der Waals surface area contributed by atoms with Crippen LogP contribution in [-0.4, -0.2) is 0 Å². The lowest BCUT2D eigenvalue weighted by molar-refractivity contribution is 0.0986. The van der Waals surface area contributed by atoms with Crippen LogP contribution < -0.4 is 0 Å². The van der Waals surface area contributed by atoms with E-state index in [0.717, 1.165) is 17.8 Å². The summed E-state index contributed by atoms with van der Waals surface area (Å²) in [4.78, 5) is 0. The third-order valence-corrected chi connectivity index (χ3v) is 4.66. The average Bonchev–Trinajstić information content (AvgIpc) is 2.30. The Balaban J connectivity index is 1.86. The van der Waals surface area contributed by atoms with Crippen LogP contribution in [0.4, 0.5) is 0 Å². The quantitative estimate of drug-likeness (QED) is 0.573. The van der Waals surface area contributed by atoms with Crippen molar-refractivity contribution in [2.45, 2.75) is 64.7 Å². The molecule has 0 amide bonds. The van der Waals surface area contributed by atoms with E-state index in [1.807, 2.05) is 0 Å². The summed E-state index contributed by atoms with van der Waals surface area (Å²) in [7, 11) is 0. The van der Waals surface area contributed by atoms with E-state index >= 15 is 0 Å². The third kappa shape index (κ3) is 2.86. The Kier molecular flexibility index (Phi) is 4.29. The molecule has 2 aliphatic rings. The molecule has 0 saturated heterocycles. The second-order valence-electron chi connectivity index (χ2n) is 5.55. The Bertz CT molecular complexity index is 202. The molecule has 0 heterocycles. The number of hydrogen-bond donors (Lipinski definition) is 0. The van der Waals surface area contributed by atoms with Crippen molar-refractivity contribution in [3.8, 4) is 0 Å². The SMILES string of the molecule is C/C=C/CCC1CCCC2CCCCC12. The predicted octanol–water partition coefficient (Wildman–Crippen LogP) is 4.95. The van der Waals surface area contributed by atoms with Gasteiger partial charge in [-0.1, -0.05) is 50.7 Å². The minimum atomic E-state index is 1.07. The highest BCUT2D eigenvalue weighted by Gasteiger charge is 2.33. The standard InChI is InChI=1S/C15H26/c1-2-3-4-8-13-10-7-11-14-9-5-6-12-15(13)14/h2-3,13-15H,4-12H2,1H3/b3-2+. The maximum Gasteiger partial charge on any atom is -0.0348 e. The largest absolute Gasteiger partial charge is 0.0917 e. The molecule has 0 N–H and O–H groups in total. The molecule has 0 aromatic carbocycles. The van der Waals surface area contributed by atoms with Crippen LogP contribution in [0.15, 0.2) is 12.2 Å². The molecule has 2 rings (SSSR count). The molecule has 0 aromatic heterocycles. The van der Waals surface area contributed by atoms with Gasteiger partial charge in [-0.25, -0.2) is 0 Å². The van der Waals surface area contributed by atoms with Crippen LogP contribution >= 0.6 is 0 Å². The fourth-order valence-corrected chi connectivity index (χ4v) is 3.91. The first kappa shape index (κ1) is 11.2. The molecule has 0 bridgehead atoms. The van der Waals surface area contributed by atoms with Gasteiger partial charge in [-0.05, 0) is 43.9 Å². The Hall–Kier alpha value is -0.260. The van der Waals surface area contributed by atoms with Gasteiger partial charge in [0.2, 0.25) is 0 Å². The lowest BCUT2D eigenvalue weighted by atomic mass is 9.64. The maximum atomic E-state index is 2.35. The Morgan fingerprint density at radius 1 is 1.00 bits per heavy atom. The van der Waals surface area contributed by atoms with Gasteiger partial charge in [0.25, 0.3) is 0 Å². The van der Waals surface area contributed by atoms with E-state index in [2.05, 4.69) is 19.1 Å². The summed E-state index contributed by atoms with van der Waals surface area (Å²) in [6.45, 7) is 2.14. The molecule has 86 valence electrons. The third-order valence-electron chi connectivity index (χ3n) is 4.66. The van der Waals surface area contributed by atoms with Crippen molar-refractivity contribution in [1.82, 2.24) is 0 Å². The highest BCUT2D eigenvalue weighted by Crippen LogP contribution is 2.45. The molecule has 3 atom stereocenters. The minimum absolute atomic E-state index is 1.07. The lowest BCUT2D eigenvalue weighted by Gasteiger charge is -2.41.